The summed E-state index contributed by atoms with van der Waals surface area (Å²) in [6.45, 7) is 3.18. The molecule has 0 aliphatic carbocycles. The van der Waals surface area contributed by atoms with Crippen LogP contribution in [0.1, 0.15) is 12.5 Å². The van der Waals surface area contributed by atoms with Crippen molar-refractivity contribution in [1.82, 2.24) is 9.62 Å². The SMILES string of the molecule is CC1Oc2ccccc2N(CC(=O)NCc2ccc(S(=O)(=O)N3CCOCC3)cc2)C1=O. The summed E-state index contributed by atoms with van der Waals surface area (Å²) in [6.07, 6.45) is -0.668. The van der Waals surface area contributed by atoms with E-state index in [0.717, 1.165) is 5.56 Å². The predicted octanol–water partition coefficient (Wildman–Crippen LogP) is 1.14. The number of carbonyl (C=O) groups excluding carboxylic acids is 2. The van der Waals surface area contributed by atoms with Gasteiger partial charge in [0.15, 0.2) is 6.10 Å². The first-order valence-corrected chi connectivity index (χ1v) is 11.8. The van der Waals surface area contributed by atoms with Gasteiger partial charge in [0.05, 0.1) is 23.8 Å². The molecule has 2 heterocycles. The van der Waals surface area contributed by atoms with Crippen molar-refractivity contribution in [2.75, 3.05) is 37.7 Å². The zero-order valence-electron chi connectivity index (χ0n) is 17.7. The van der Waals surface area contributed by atoms with Crippen LogP contribution in [0, 0.1) is 0 Å². The number of fused-ring (bicyclic) bond motifs is 1. The van der Waals surface area contributed by atoms with E-state index in [1.165, 1.54) is 21.3 Å². The lowest BCUT2D eigenvalue weighted by atomic mass is 10.2. The summed E-state index contributed by atoms with van der Waals surface area (Å²) in [4.78, 5) is 26.7. The number of nitrogens with one attached hydrogen (secondary N) is 1. The first-order valence-electron chi connectivity index (χ1n) is 10.4. The fourth-order valence-electron chi connectivity index (χ4n) is 3.64. The van der Waals surface area contributed by atoms with Crippen LogP contribution in [0.5, 0.6) is 5.75 Å². The molecule has 32 heavy (non-hydrogen) atoms. The molecule has 1 fully saturated rings. The Hall–Kier alpha value is -2.95. The quantitative estimate of drug-likeness (QED) is 0.695. The summed E-state index contributed by atoms with van der Waals surface area (Å²) in [7, 11) is -3.56. The predicted molar refractivity (Wildman–Crippen MR) is 117 cm³/mol. The number of carbonyl (C=O) groups is 2. The van der Waals surface area contributed by atoms with Crippen LogP contribution in [0.4, 0.5) is 5.69 Å². The number of rotatable bonds is 6. The average molecular weight is 460 g/mol. The molecule has 1 N–H and O–H groups in total. The normalized spacial score (nSPS) is 19.2. The fourth-order valence-corrected chi connectivity index (χ4v) is 5.05. The van der Waals surface area contributed by atoms with Crippen LogP contribution < -0.4 is 15.0 Å². The van der Waals surface area contributed by atoms with E-state index < -0.39 is 16.1 Å². The van der Waals surface area contributed by atoms with Crippen molar-refractivity contribution < 1.29 is 27.5 Å². The van der Waals surface area contributed by atoms with Crippen LogP contribution in [-0.2, 0) is 30.9 Å². The zero-order valence-corrected chi connectivity index (χ0v) is 18.5. The molecule has 0 bridgehead atoms. The molecular formula is C22H25N3O6S. The van der Waals surface area contributed by atoms with E-state index in [1.807, 2.05) is 6.07 Å². The van der Waals surface area contributed by atoms with Gasteiger partial charge in [-0.3, -0.25) is 14.5 Å². The van der Waals surface area contributed by atoms with Crippen molar-refractivity contribution in [1.29, 1.82) is 0 Å². The number of amides is 2. The van der Waals surface area contributed by atoms with Crippen molar-refractivity contribution >= 4 is 27.5 Å². The highest BCUT2D eigenvalue weighted by Crippen LogP contribution is 2.33. The van der Waals surface area contributed by atoms with Gasteiger partial charge in [-0.05, 0) is 36.8 Å². The van der Waals surface area contributed by atoms with Crippen molar-refractivity contribution in [2.24, 2.45) is 0 Å². The molecule has 1 saturated heterocycles. The molecule has 0 aromatic heterocycles. The highest BCUT2D eigenvalue weighted by molar-refractivity contribution is 7.89. The molecular weight excluding hydrogens is 434 g/mol. The van der Waals surface area contributed by atoms with E-state index in [0.29, 0.717) is 37.7 Å². The minimum atomic E-state index is -3.56. The number of hydrogen-bond donors (Lipinski definition) is 1. The van der Waals surface area contributed by atoms with Crippen LogP contribution in [0.15, 0.2) is 53.4 Å². The molecule has 10 heteroatoms. The second-order valence-electron chi connectivity index (χ2n) is 7.59. The standard InChI is InChI=1S/C22H25N3O6S/c1-16-22(27)25(19-4-2-3-5-20(19)31-16)15-21(26)23-14-17-6-8-18(9-7-17)32(28,29)24-10-12-30-13-11-24/h2-9,16H,10-15H2,1H3,(H,23,26). The van der Waals surface area contributed by atoms with Gasteiger partial charge >= 0.3 is 0 Å². The lowest BCUT2D eigenvalue weighted by Crippen LogP contribution is -2.48. The summed E-state index contributed by atoms with van der Waals surface area (Å²) in [5.74, 6) is -0.0479. The van der Waals surface area contributed by atoms with Gasteiger partial charge in [0.25, 0.3) is 5.91 Å². The Kier molecular flexibility index (Phi) is 6.45. The molecule has 4 rings (SSSR count). The van der Waals surface area contributed by atoms with Crippen molar-refractivity contribution in [3.63, 3.8) is 0 Å². The molecule has 0 spiro atoms. The first-order chi connectivity index (χ1) is 15.4. The van der Waals surface area contributed by atoms with Gasteiger partial charge in [0.1, 0.15) is 12.3 Å². The summed E-state index contributed by atoms with van der Waals surface area (Å²) >= 11 is 0. The Bertz CT molecular complexity index is 1100. The van der Waals surface area contributed by atoms with Crippen LogP contribution >= 0.6 is 0 Å². The Morgan fingerprint density at radius 2 is 1.78 bits per heavy atom. The van der Waals surface area contributed by atoms with Crippen LogP contribution in [0.3, 0.4) is 0 Å². The lowest BCUT2D eigenvalue weighted by Gasteiger charge is -2.32. The van der Waals surface area contributed by atoms with Gasteiger partial charge in [-0.1, -0.05) is 24.3 Å². The number of benzene rings is 2. The molecule has 0 radical (unpaired) electrons. The molecule has 9 nitrogen and oxygen atoms in total. The topological polar surface area (TPSA) is 105 Å². The highest BCUT2D eigenvalue weighted by atomic mass is 32.2. The number of ether oxygens (including phenoxy) is 2. The van der Waals surface area contributed by atoms with Gasteiger partial charge in [0.2, 0.25) is 15.9 Å². The maximum atomic E-state index is 12.7. The minimum absolute atomic E-state index is 0.132. The van der Waals surface area contributed by atoms with E-state index in [2.05, 4.69) is 5.32 Å². The van der Waals surface area contributed by atoms with E-state index in [4.69, 9.17) is 9.47 Å². The Balaban J connectivity index is 1.37. The first kappa shape index (κ1) is 22.3. The van der Waals surface area contributed by atoms with Crippen molar-refractivity contribution in [2.45, 2.75) is 24.5 Å². The van der Waals surface area contributed by atoms with Gasteiger partial charge in [-0.25, -0.2) is 8.42 Å². The smallest absolute Gasteiger partial charge is 0.268 e. The number of sulfonamides is 1. The van der Waals surface area contributed by atoms with Crippen molar-refractivity contribution in [3.05, 3.63) is 54.1 Å². The number of para-hydroxylation sites is 2. The van der Waals surface area contributed by atoms with Gasteiger partial charge in [-0.2, -0.15) is 4.31 Å². The molecule has 0 saturated carbocycles. The molecule has 2 aromatic rings. The van der Waals surface area contributed by atoms with E-state index in [-0.39, 0.29) is 29.8 Å². The number of anilines is 1. The molecule has 1 atom stereocenters. The average Bonchev–Trinajstić information content (AvgIpc) is 2.81. The monoisotopic (exact) mass is 459 g/mol. The Morgan fingerprint density at radius 1 is 1.09 bits per heavy atom. The van der Waals surface area contributed by atoms with Gasteiger partial charge in [0, 0.05) is 19.6 Å². The second kappa shape index (κ2) is 9.27. The number of morpholine rings is 1. The summed E-state index contributed by atoms with van der Waals surface area (Å²) in [5.41, 5.74) is 1.31. The Morgan fingerprint density at radius 3 is 2.50 bits per heavy atom. The third-order valence-electron chi connectivity index (χ3n) is 5.40. The third kappa shape index (κ3) is 4.62. The maximum absolute atomic E-state index is 12.7. The third-order valence-corrected chi connectivity index (χ3v) is 7.31. The number of hydrogen-bond acceptors (Lipinski definition) is 6. The largest absolute Gasteiger partial charge is 0.479 e. The highest BCUT2D eigenvalue weighted by Gasteiger charge is 2.32. The number of nitrogens with zero attached hydrogens (tertiary/aromatic N) is 2. The van der Waals surface area contributed by atoms with Crippen LogP contribution in [0.2, 0.25) is 0 Å². The molecule has 2 aliphatic heterocycles. The van der Waals surface area contributed by atoms with Gasteiger partial charge in [-0.15, -0.1) is 0 Å². The van der Waals surface area contributed by atoms with Gasteiger partial charge < -0.3 is 14.8 Å². The maximum Gasteiger partial charge on any atom is 0.268 e. The van der Waals surface area contributed by atoms with Crippen LogP contribution in [-0.4, -0.2) is 63.5 Å². The lowest BCUT2D eigenvalue weighted by molar-refractivity contribution is -0.128. The summed E-state index contributed by atoms with van der Waals surface area (Å²) < 4.78 is 37.6. The molecule has 2 aromatic carbocycles. The summed E-state index contributed by atoms with van der Waals surface area (Å²) in [6, 6.07) is 13.5. The Labute approximate surface area is 187 Å². The summed E-state index contributed by atoms with van der Waals surface area (Å²) in [5, 5.41) is 2.78. The van der Waals surface area contributed by atoms with E-state index in [9.17, 15) is 18.0 Å². The second-order valence-corrected chi connectivity index (χ2v) is 9.53. The molecule has 2 aliphatic rings. The molecule has 1 unspecified atom stereocenters. The van der Waals surface area contributed by atoms with Crippen LogP contribution in [0.25, 0.3) is 0 Å². The minimum Gasteiger partial charge on any atom is -0.479 e. The molecule has 2 amide bonds. The van der Waals surface area contributed by atoms with E-state index in [1.54, 1.807) is 37.3 Å². The van der Waals surface area contributed by atoms with Crippen molar-refractivity contribution in [3.8, 4) is 5.75 Å². The fraction of sp³-hybridized carbons (Fsp3) is 0.364. The molecule has 170 valence electrons. The van der Waals surface area contributed by atoms with E-state index >= 15 is 0 Å². The zero-order chi connectivity index (χ0) is 22.7.